The van der Waals surface area contributed by atoms with Crippen LogP contribution in [0.15, 0.2) is 48.5 Å². The Morgan fingerprint density at radius 1 is 0.955 bits per heavy atom. The number of nitrogens with zero attached hydrogens (tertiary/aromatic N) is 2. The minimum atomic E-state index is -0.883. The van der Waals surface area contributed by atoms with E-state index in [9.17, 15) is 25.0 Å². The third kappa shape index (κ3) is 3.42. The summed E-state index contributed by atoms with van der Waals surface area (Å²) in [6, 6.07) is 12.2. The molecule has 112 valence electrons. The van der Waals surface area contributed by atoms with Crippen LogP contribution in [-0.4, -0.2) is 15.8 Å². The smallest absolute Gasteiger partial charge is 0.346 e. The summed E-state index contributed by atoms with van der Waals surface area (Å²) < 4.78 is 0. The Bertz CT molecular complexity index is 731. The first-order valence-corrected chi connectivity index (χ1v) is 6.24. The molecule has 0 atom stereocenters. The van der Waals surface area contributed by atoms with Crippen molar-refractivity contribution in [3.8, 4) is 0 Å². The summed E-state index contributed by atoms with van der Waals surface area (Å²) >= 11 is 0. The number of hydrogen-bond acceptors (Lipinski definition) is 5. The fourth-order valence-corrected chi connectivity index (χ4v) is 1.85. The Morgan fingerprint density at radius 3 is 2.18 bits per heavy atom. The molecule has 0 saturated carbocycles. The normalized spacial score (nSPS) is 10.0. The van der Waals surface area contributed by atoms with Crippen LogP contribution in [0.4, 0.5) is 11.4 Å². The quantitative estimate of drug-likeness (QED) is 0.672. The first kappa shape index (κ1) is 15.1. The summed E-state index contributed by atoms with van der Waals surface area (Å²) in [7, 11) is 0. The molecule has 0 saturated heterocycles. The number of hydrogen-bond donors (Lipinski definition) is 1. The first-order valence-electron chi connectivity index (χ1n) is 6.24. The zero-order valence-electron chi connectivity index (χ0n) is 11.3. The molecule has 0 aliphatic carbocycles. The molecule has 2 aromatic rings. The van der Waals surface area contributed by atoms with E-state index in [1.54, 1.807) is 0 Å². The van der Waals surface area contributed by atoms with Gasteiger partial charge in [-0.2, -0.15) is 0 Å². The number of rotatable bonds is 5. The summed E-state index contributed by atoms with van der Waals surface area (Å²) in [5.74, 6) is -0.540. The average molecular weight is 301 g/mol. The van der Waals surface area contributed by atoms with E-state index in [1.165, 1.54) is 6.07 Å². The van der Waals surface area contributed by atoms with Crippen LogP contribution in [0.5, 0.6) is 0 Å². The topological polar surface area (TPSA) is 115 Å². The summed E-state index contributed by atoms with van der Waals surface area (Å²) in [5, 5.41) is 24.2. The second kappa shape index (κ2) is 6.44. The van der Waals surface area contributed by atoms with Crippen molar-refractivity contribution in [2.24, 2.45) is 0 Å². The van der Waals surface area contributed by atoms with Gasteiger partial charge in [-0.05, 0) is 11.6 Å². The van der Waals surface area contributed by atoms with Gasteiger partial charge in [-0.15, -0.1) is 0 Å². The zero-order valence-corrected chi connectivity index (χ0v) is 11.3. The Balaban J connectivity index is 2.18. The second-order valence-corrected chi connectivity index (χ2v) is 4.39. The van der Waals surface area contributed by atoms with Crippen molar-refractivity contribution in [1.29, 1.82) is 0 Å². The van der Waals surface area contributed by atoms with E-state index in [-0.39, 0.29) is 12.1 Å². The van der Waals surface area contributed by atoms with Gasteiger partial charge in [-0.1, -0.05) is 30.3 Å². The molecule has 1 amide bonds. The Hall–Kier alpha value is -3.29. The number of carbonyl (C=O) groups excluding carboxylic acids is 1. The SMILES string of the molecule is O=C(NCc1ccccc1)c1ccc([N+](=O)[O-])c([N+](=O)[O-])c1. The van der Waals surface area contributed by atoms with E-state index >= 15 is 0 Å². The number of nitrogens with one attached hydrogen (secondary N) is 1. The van der Waals surface area contributed by atoms with Crippen LogP contribution in [0.2, 0.25) is 0 Å². The third-order valence-electron chi connectivity index (χ3n) is 2.93. The van der Waals surface area contributed by atoms with Crippen LogP contribution >= 0.6 is 0 Å². The van der Waals surface area contributed by atoms with Crippen LogP contribution < -0.4 is 5.32 Å². The van der Waals surface area contributed by atoms with Gasteiger partial charge < -0.3 is 5.32 Å². The van der Waals surface area contributed by atoms with Gasteiger partial charge in [0, 0.05) is 24.2 Å². The highest BCUT2D eigenvalue weighted by atomic mass is 16.6. The highest BCUT2D eigenvalue weighted by molar-refractivity contribution is 5.95. The molecule has 8 nitrogen and oxygen atoms in total. The Morgan fingerprint density at radius 2 is 1.59 bits per heavy atom. The summed E-state index contributed by atoms with van der Waals surface area (Å²) in [4.78, 5) is 31.8. The Kier molecular flexibility index (Phi) is 4.42. The monoisotopic (exact) mass is 301 g/mol. The van der Waals surface area contributed by atoms with Crippen molar-refractivity contribution in [3.63, 3.8) is 0 Å². The number of amides is 1. The highest BCUT2D eigenvalue weighted by Crippen LogP contribution is 2.27. The standard InChI is InChI=1S/C14H11N3O5/c18-14(15-9-10-4-2-1-3-5-10)11-6-7-12(16(19)20)13(8-11)17(21)22/h1-8H,9H2,(H,15,18). The van der Waals surface area contributed by atoms with Crippen LogP contribution in [0.3, 0.4) is 0 Å². The van der Waals surface area contributed by atoms with Crippen LogP contribution in [0.1, 0.15) is 15.9 Å². The predicted octanol–water partition coefficient (Wildman–Crippen LogP) is 2.43. The van der Waals surface area contributed by atoms with Gasteiger partial charge in [-0.3, -0.25) is 25.0 Å². The van der Waals surface area contributed by atoms with Gasteiger partial charge in [-0.25, -0.2) is 0 Å². The fourth-order valence-electron chi connectivity index (χ4n) is 1.85. The van der Waals surface area contributed by atoms with E-state index in [2.05, 4.69) is 5.32 Å². The third-order valence-corrected chi connectivity index (χ3v) is 2.93. The van der Waals surface area contributed by atoms with Crippen molar-refractivity contribution in [3.05, 3.63) is 79.9 Å². The molecular weight excluding hydrogens is 290 g/mol. The molecule has 1 N–H and O–H groups in total. The van der Waals surface area contributed by atoms with E-state index in [1.807, 2.05) is 30.3 Å². The van der Waals surface area contributed by atoms with Gasteiger partial charge in [0.05, 0.1) is 9.85 Å². The molecule has 0 bridgehead atoms. The lowest BCUT2D eigenvalue weighted by molar-refractivity contribution is -0.422. The molecule has 0 radical (unpaired) electrons. The van der Waals surface area contributed by atoms with Crippen LogP contribution in [0.25, 0.3) is 0 Å². The molecular formula is C14H11N3O5. The van der Waals surface area contributed by atoms with Crippen molar-refractivity contribution in [2.75, 3.05) is 0 Å². The molecule has 0 spiro atoms. The number of benzene rings is 2. The molecule has 0 aliphatic rings. The van der Waals surface area contributed by atoms with Crippen molar-refractivity contribution in [2.45, 2.75) is 6.54 Å². The fraction of sp³-hybridized carbons (Fsp3) is 0.0714. The van der Waals surface area contributed by atoms with Gasteiger partial charge in [0.2, 0.25) is 0 Å². The highest BCUT2D eigenvalue weighted by Gasteiger charge is 2.25. The maximum Gasteiger partial charge on any atom is 0.346 e. The van der Waals surface area contributed by atoms with Gasteiger partial charge in [0.1, 0.15) is 0 Å². The lowest BCUT2D eigenvalue weighted by Crippen LogP contribution is -2.22. The van der Waals surface area contributed by atoms with E-state index in [4.69, 9.17) is 0 Å². The minimum absolute atomic E-state index is 0.00627. The van der Waals surface area contributed by atoms with Crippen LogP contribution in [0, 0.1) is 20.2 Å². The van der Waals surface area contributed by atoms with E-state index in [0.717, 1.165) is 17.7 Å². The predicted molar refractivity (Wildman–Crippen MR) is 77.4 cm³/mol. The lowest BCUT2D eigenvalue weighted by atomic mass is 10.1. The second-order valence-electron chi connectivity index (χ2n) is 4.39. The molecule has 22 heavy (non-hydrogen) atoms. The molecule has 2 aromatic carbocycles. The first-order chi connectivity index (χ1) is 10.5. The van der Waals surface area contributed by atoms with E-state index in [0.29, 0.717) is 0 Å². The largest absolute Gasteiger partial charge is 0.348 e. The molecule has 8 heteroatoms. The molecule has 0 aliphatic heterocycles. The lowest BCUT2D eigenvalue weighted by Gasteiger charge is -2.05. The number of nitro benzene ring substituents is 2. The minimum Gasteiger partial charge on any atom is -0.348 e. The molecule has 0 fully saturated rings. The summed E-state index contributed by atoms with van der Waals surface area (Å²) in [6.45, 7) is 0.254. The van der Waals surface area contributed by atoms with Gasteiger partial charge in [0.15, 0.2) is 0 Å². The maximum absolute atomic E-state index is 12.0. The number of carbonyl (C=O) groups is 1. The summed E-state index contributed by atoms with van der Waals surface area (Å²) in [5.41, 5.74) is -0.498. The summed E-state index contributed by atoms with van der Waals surface area (Å²) in [6.07, 6.45) is 0. The van der Waals surface area contributed by atoms with Gasteiger partial charge >= 0.3 is 11.4 Å². The molecule has 0 heterocycles. The van der Waals surface area contributed by atoms with Crippen LogP contribution in [-0.2, 0) is 6.54 Å². The van der Waals surface area contributed by atoms with Crippen molar-refractivity contribution < 1.29 is 14.6 Å². The Labute approximate surface area is 124 Å². The number of nitro groups is 2. The maximum atomic E-state index is 12.0. The average Bonchev–Trinajstić information content (AvgIpc) is 2.52. The molecule has 0 aromatic heterocycles. The van der Waals surface area contributed by atoms with Crippen molar-refractivity contribution >= 4 is 17.3 Å². The van der Waals surface area contributed by atoms with Crippen molar-refractivity contribution in [1.82, 2.24) is 5.32 Å². The van der Waals surface area contributed by atoms with Gasteiger partial charge in [0.25, 0.3) is 5.91 Å². The van der Waals surface area contributed by atoms with E-state index < -0.39 is 27.1 Å². The molecule has 0 unspecified atom stereocenters. The zero-order chi connectivity index (χ0) is 16.1. The molecule has 2 rings (SSSR count).